The lowest BCUT2D eigenvalue weighted by Crippen LogP contribution is -2.34. The number of nitrogens with two attached hydrogens (primary N) is 1. The number of ether oxygens (including phenoxy) is 1. The van der Waals surface area contributed by atoms with Crippen LogP contribution >= 0.6 is 0 Å². The lowest BCUT2D eigenvalue weighted by atomic mass is 9.94. The molecule has 0 bridgehead atoms. The Morgan fingerprint density at radius 2 is 2.12 bits per heavy atom. The Morgan fingerprint density at radius 3 is 2.62 bits per heavy atom. The summed E-state index contributed by atoms with van der Waals surface area (Å²) < 4.78 is 4.62. The fraction of sp³-hybridized carbons (Fsp3) is 0.500. The molecule has 0 atom stereocenters. The highest BCUT2D eigenvalue weighted by Crippen LogP contribution is 2.35. The number of methoxy groups -OCH3 is 1. The highest BCUT2D eigenvalue weighted by atomic mass is 16.5. The summed E-state index contributed by atoms with van der Waals surface area (Å²) in [6, 6.07) is 3.55. The first-order valence-corrected chi connectivity index (χ1v) is 5.49. The van der Waals surface area contributed by atoms with E-state index in [1.807, 2.05) is 6.07 Å². The van der Waals surface area contributed by atoms with Crippen molar-refractivity contribution in [3.05, 3.63) is 29.6 Å². The zero-order chi connectivity index (χ0) is 11.6. The minimum Gasteiger partial charge on any atom is -0.465 e. The molecule has 0 aliphatic heterocycles. The fourth-order valence-electron chi connectivity index (χ4n) is 2.19. The summed E-state index contributed by atoms with van der Waals surface area (Å²) >= 11 is 0. The average Bonchev–Trinajstić information content (AvgIpc) is 2.77. The quantitative estimate of drug-likeness (QED) is 0.769. The third-order valence-electron chi connectivity index (χ3n) is 3.19. The topological polar surface area (TPSA) is 65.2 Å². The molecule has 0 spiro atoms. The predicted octanol–water partition coefficient (Wildman–Crippen LogP) is 1.60. The van der Waals surface area contributed by atoms with E-state index in [1.54, 1.807) is 6.07 Å². The highest BCUT2D eigenvalue weighted by Gasteiger charge is 2.32. The number of hydrogen-bond donors (Lipinski definition) is 1. The molecule has 0 aromatic carbocycles. The molecule has 1 saturated carbocycles. The van der Waals surface area contributed by atoms with E-state index in [0.717, 1.165) is 31.4 Å². The molecule has 4 heteroatoms. The van der Waals surface area contributed by atoms with Crippen molar-refractivity contribution in [2.24, 2.45) is 5.73 Å². The van der Waals surface area contributed by atoms with Crippen molar-refractivity contribution in [1.29, 1.82) is 0 Å². The van der Waals surface area contributed by atoms with Crippen molar-refractivity contribution in [3.63, 3.8) is 0 Å². The molecule has 1 aliphatic rings. The van der Waals surface area contributed by atoms with Crippen LogP contribution < -0.4 is 5.73 Å². The molecular formula is C12H16N2O2. The van der Waals surface area contributed by atoms with Crippen LogP contribution in [0.4, 0.5) is 0 Å². The number of rotatable bonds is 2. The van der Waals surface area contributed by atoms with Crippen LogP contribution in [0.1, 0.15) is 41.7 Å². The summed E-state index contributed by atoms with van der Waals surface area (Å²) in [6.07, 6.45) is 5.77. The molecule has 16 heavy (non-hydrogen) atoms. The average molecular weight is 220 g/mol. The Morgan fingerprint density at radius 1 is 1.44 bits per heavy atom. The van der Waals surface area contributed by atoms with Crippen molar-refractivity contribution >= 4 is 5.97 Å². The number of carbonyl (C=O) groups is 1. The van der Waals surface area contributed by atoms with Gasteiger partial charge in [-0.1, -0.05) is 12.8 Å². The first kappa shape index (κ1) is 11.1. The summed E-state index contributed by atoms with van der Waals surface area (Å²) in [5.74, 6) is -0.364. The molecule has 2 rings (SSSR count). The highest BCUT2D eigenvalue weighted by molar-refractivity contribution is 5.88. The summed E-state index contributed by atoms with van der Waals surface area (Å²) in [6.45, 7) is 0. The van der Waals surface area contributed by atoms with Crippen LogP contribution in [-0.2, 0) is 10.3 Å². The van der Waals surface area contributed by atoms with Crippen molar-refractivity contribution in [1.82, 2.24) is 4.98 Å². The van der Waals surface area contributed by atoms with Gasteiger partial charge >= 0.3 is 5.97 Å². The van der Waals surface area contributed by atoms with E-state index >= 15 is 0 Å². The molecule has 0 radical (unpaired) electrons. The van der Waals surface area contributed by atoms with Gasteiger partial charge in [-0.3, -0.25) is 4.98 Å². The number of aromatic nitrogens is 1. The van der Waals surface area contributed by atoms with Crippen molar-refractivity contribution in [2.75, 3.05) is 7.11 Å². The van der Waals surface area contributed by atoms with Gasteiger partial charge in [0.1, 0.15) is 0 Å². The summed E-state index contributed by atoms with van der Waals surface area (Å²) in [7, 11) is 1.36. The van der Waals surface area contributed by atoms with Gasteiger partial charge in [0.05, 0.1) is 23.9 Å². The number of pyridine rings is 1. The zero-order valence-corrected chi connectivity index (χ0v) is 9.40. The second-order valence-corrected chi connectivity index (χ2v) is 4.29. The molecule has 1 aromatic rings. The van der Waals surface area contributed by atoms with Crippen LogP contribution in [0.3, 0.4) is 0 Å². The van der Waals surface area contributed by atoms with Crippen LogP contribution in [0.5, 0.6) is 0 Å². The van der Waals surface area contributed by atoms with Crippen molar-refractivity contribution < 1.29 is 9.53 Å². The fourth-order valence-corrected chi connectivity index (χ4v) is 2.19. The lowest BCUT2D eigenvalue weighted by Gasteiger charge is -2.22. The molecule has 0 unspecified atom stereocenters. The van der Waals surface area contributed by atoms with Crippen LogP contribution in [-0.4, -0.2) is 18.1 Å². The van der Waals surface area contributed by atoms with Gasteiger partial charge in [0.2, 0.25) is 0 Å². The van der Waals surface area contributed by atoms with Crippen LogP contribution in [0.25, 0.3) is 0 Å². The van der Waals surface area contributed by atoms with Crippen molar-refractivity contribution in [2.45, 2.75) is 31.2 Å². The van der Waals surface area contributed by atoms with E-state index in [4.69, 9.17) is 5.73 Å². The molecular weight excluding hydrogens is 204 g/mol. The van der Waals surface area contributed by atoms with E-state index in [-0.39, 0.29) is 11.5 Å². The maximum atomic E-state index is 11.2. The van der Waals surface area contributed by atoms with E-state index in [2.05, 4.69) is 9.72 Å². The number of hydrogen-bond acceptors (Lipinski definition) is 4. The Kier molecular flexibility index (Phi) is 2.92. The Bertz CT molecular complexity index is 381. The molecule has 1 aliphatic carbocycles. The molecule has 1 fully saturated rings. The molecule has 2 N–H and O–H groups in total. The summed E-state index contributed by atoms with van der Waals surface area (Å²) in [4.78, 5) is 15.5. The Labute approximate surface area is 94.8 Å². The number of nitrogens with zero attached hydrogens (tertiary/aromatic N) is 1. The van der Waals surface area contributed by atoms with E-state index in [9.17, 15) is 4.79 Å². The SMILES string of the molecule is COC(=O)c1ccc(C2(N)CCCC2)nc1. The Hall–Kier alpha value is -1.42. The smallest absolute Gasteiger partial charge is 0.339 e. The van der Waals surface area contributed by atoms with Gasteiger partial charge < -0.3 is 10.5 Å². The van der Waals surface area contributed by atoms with Gasteiger partial charge in [-0.05, 0) is 25.0 Å². The normalized spacial score (nSPS) is 18.4. The second-order valence-electron chi connectivity index (χ2n) is 4.29. The second kappa shape index (κ2) is 4.22. The summed E-state index contributed by atoms with van der Waals surface area (Å²) in [5.41, 5.74) is 7.30. The molecule has 1 heterocycles. The van der Waals surface area contributed by atoms with Gasteiger partial charge in [0.15, 0.2) is 0 Å². The molecule has 86 valence electrons. The molecule has 0 amide bonds. The predicted molar refractivity (Wildman–Crippen MR) is 59.9 cm³/mol. The van der Waals surface area contributed by atoms with E-state index in [0.29, 0.717) is 5.56 Å². The Balaban J connectivity index is 2.22. The third-order valence-corrected chi connectivity index (χ3v) is 3.19. The van der Waals surface area contributed by atoms with E-state index < -0.39 is 0 Å². The molecule has 4 nitrogen and oxygen atoms in total. The summed E-state index contributed by atoms with van der Waals surface area (Å²) in [5, 5.41) is 0. The largest absolute Gasteiger partial charge is 0.465 e. The van der Waals surface area contributed by atoms with Gasteiger partial charge in [0.25, 0.3) is 0 Å². The standard InChI is InChI=1S/C12H16N2O2/c1-16-11(15)9-4-5-10(14-8-9)12(13)6-2-3-7-12/h4-5,8H,2-3,6-7,13H2,1H3. The maximum absolute atomic E-state index is 11.2. The van der Waals surface area contributed by atoms with Gasteiger partial charge in [-0.15, -0.1) is 0 Å². The first-order chi connectivity index (χ1) is 7.65. The third kappa shape index (κ3) is 1.93. The maximum Gasteiger partial charge on any atom is 0.339 e. The lowest BCUT2D eigenvalue weighted by molar-refractivity contribution is 0.0600. The van der Waals surface area contributed by atoms with Crippen LogP contribution in [0.2, 0.25) is 0 Å². The van der Waals surface area contributed by atoms with E-state index in [1.165, 1.54) is 13.3 Å². The number of carbonyl (C=O) groups excluding carboxylic acids is 1. The number of esters is 1. The minimum atomic E-state index is -0.364. The molecule has 0 saturated heterocycles. The monoisotopic (exact) mass is 220 g/mol. The van der Waals surface area contributed by atoms with Crippen LogP contribution in [0.15, 0.2) is 18.3 Å². The van der Waals surface area contributed by atoms with Gasteiger partial charge in [-0.25, -0.2) is 4.79 Å². The van der Waals surface area contributed by atoms with Gasteiger partial charge in [0, 0.05) is 6.20 Å². The zero-order valence-electron chi connectivity index (χ0n) is 9.40. The van der Waals surface area contributed by atoms with Crippen LogP contribution in [0, 0.1) is 0 Å². The first-order valence-electron chi connectivity index (χ1n) is 5.49. The molecule has 1 aromatic heterocycles. The minimum absolute atomic E-state index is 0.297. The van der Waals surface area contributed by atoms with Gasteiger partial charge in [-0.2, -0.15) is 0 Å². The van der Waals surface area contributed by atoms with Crippen molar-refractivity contribution in [3.8, 4) is 0 Å².